The van der Waals surface area contributed by atoms with Gasteiger partial charge < -0.3 is 5.73 Å². The van der Waals surface area contributed by atoms with Crippen molar-refractivity contribution in [1.29, 1.82) is 0 Å². The van der Waals surface area contributed by atoms with Crippen LogP contribution in [0.3, 0.4) is 0 Å². The Hall–Kier alpha value is -0.510. The van der Waals surface area contributed by atoms with Crippen molar-refractivity contribution in [3.63, 3.8) is 0 Å². The Kier molecular flexibility index (Phi) is 3.59. The first kappa shape index (κ1) is 11.6. The summed E-state index contributed by atoms with van der Waals surface area (Å²) in [5.41, 5.74) is 5.67. The molecule has 1 saturated carbocycles. The minimum atomic E-state index is -4.06. The molecule has 3 atom stereocenters. The fraction of sp³-hybridized carbons (Fsp3) is 0.800. The Labute approximate surface area is 82.2 Å². The van der Waals surface area contributed by atoms with Gasteiger partial charge in [0.25, 0.3) is 0 Å². The molecule has 0 amide bonds. The Morgan fingerprint density at radius 1 is 1.36 bits per heavy atom. The molecule has 0 radical (unpaired) electrons. The molecule has 0 bridgehead atoms. The van der Waals surface area contributed by atoms with Crippen molar-refractivity contribution < 1.29 is 13.2 Å². The summed E-state index contributed by atoms with van der Waals surface area (Å²) in [6.45, 7) is 3.52. The lowest BCUT2D eigenvalue weighted by Gasteiger charge is -2.32. The van der Waals surface area contributed by atoms with Crippen LogP contribution >= 0.6 is 0 Å². The highest BCUT2D eigenvalue weighted by atomic mass is 19.4. The normalized spacial score (nSPS) is 31.1. The summed E-state index contributed by atoms with van der Waals surface area (Å²) in [4.78, 5) is 0. The van der Waals surface area contributed by atoms with Gasteiger partial charge in [-0.2, -0.15) is 13.2 Å². The first-order valence-corrected chi connectivity index (χ1v) is 4.90. The number of nitrogens with two attached hydrogens (primary N) is 1. The molecule has 0 aliphatic heterocycles. The first-order valence-electron chi connectivity index (χ1n) is 4.90. The van der Waals surface area contributed by atoms with Crippen LogP contribution in [-0.2, 0) is 0 Å². The van der Waals surface area contributed by atoms with Crippen LogP contribution in [0.2, 0.25) is 0 Å². The van der Waals surface area contributed by atoms with Crippen LogP contribution in [0.1, 0.15) is 25.7 Å². The van der Waals surface area contributed by atoms with Crippen LogP contribution in [0, 0.1) is 11.8 Å². The molecule has 1 nitrogen and oxygen atoms in total. The molecule has 0 saturated heterocycles. The van der Waals surface area contributed by atoms with E-state index in [1.54, 1.807) is 6.08 Å². The summed E-state index contributed by atoms with van der Waals surface area (Å²) in [6.07, 6.45) is -0.681. The molecule has 1 aliphatic carbocycles. The number of hydrogen-bond acceptors (Lipinski definition) is 1. The van der Waals surface area contributed by atoms with E-state index in [-0.39, 0.29) is 24.8 Å². The standard InChI is InChI=1S/C10H16F3N/c1-2-9(14)7-4-3-5-8(6-7)10(11,12)13/h2,7-9H,1,3-6,14H2. The molecule has 1 aliphatic rings. The zero-order chi connectivity index (χ0) is 10.8. The molecule has 4 heteroatoms. The van der Waals surface area contributed by atoms with E-state index in [4.69, 9.17) is 5.73 Å². The second-order valence-electron chi connectivity index (χ2n) is 3.98. The van der Waals surface area contributed by atoms with Gasteiger partial charge in [0, 0.05) is 6.04 Å². The van der Waals surface area contributed by atoms with E-state index < -0.39 is 12.1 Å². The Balaban J connectivity index is 2.56. The smallest absolute Gasteiger partial charge is 0.324 e. The quantitative estimate of drug-likeness (QED) is 0.692. The molecule has 0 aromatic carbocycles. The molecule has 1 fully saturated rings. The van der Waals surface area contributed by atoms with E-state index in [1.807, 2.05) is 0 Å². The fourth-order valence-corrected chi connectivity index (χ4v) is 2.07. The van der Waals surface area contributed by atoms with E-state index in [9.17, 15) is 13.2 Å². The summed E-state index contributed by atoms with van der Waals surface area (Å²) >= 11 is 0. The van der Waals surface area contributed by atoms with Crippen LogP contribution in [0.5, 0.6) is 0 Å². The Morgan fingerprint density at radius 2 is 2.00 bits per heavy atom. The van der Waals surface area contributed by atoms with Crippen molar-refractivity contribution >= 4 is 0 Å². The molecule has 1 rings (SSSR count). The third kappa shape index (κ3) is 2.74. The molecule has 82 valence electrons. The van der Waals surface area contributed by atoms with Crippen molar-refractivity contribution in [1.82, 2.24) is 0 Å². The molecule has 0 aromatic rings. The third-order valence-electron chi connectivity index (χ3n) is 2.99. The predicted octanol–water partition coefficient (Wildman–Crippen LogP) is 2.87. The van der Waals surface area contributed by atoms with Crippen molar-refractivity contribution in [3.8, 4) is 0 Å². The van der Waals surface area contributed by atoms with Crippen molar-refractivity contribution in [2.24, 2.45) is 17.6 Å². The van der Waals surface area contributed by atoms with Crippen molar-refractivity contribution in [2.75, 3.05) is 0 Å². The highest BCUT2D eigenvalue weighted by molar-refractivity contribution is 4.92. The third-order valence-corrected chi connectivity index (χ3v) is 2.99. The van der Waals surface area contributed by atoms with Crippen LogP contribution in [0.15, 0.2) is 12.7 Å². The van der Waals surface area contributed by atoms with E-state index in [1.165, 1.54) is 0 Å². The fourth-order valence-electron chi connectivity index (χ4n) is 2.07. The van der Waals surface area contributed by atoms with Gasteiger partial charge in [-0.15, -0.1) is 6.58 Å². The van der Waals surface area contributed by atoms with Gasteiger partial charge in [0.2, 0.25) is 0 Å². The van der Waals surface area contributed by atoms with Crippen LogP contribution < -0.4 is 5.73 Å². The van der Waals surface area contributed by atoms with Crippen LogP contribution in [0.4, 0.5) is 13.2 Å². The zero-order valence-corrected chi connectivity index (χ0v) is 8.06. The number of alkyl halides is 3. The molecule has 0 aromatic heterocycles. The predicted molar refractivity (Wildman–Crippen MR) is 49.7 cm³/mol. The van der Waals surface area contributed by atoms with Gasteiger partial charge >= 0.3 is 6.18 Å². The average Bonchev–Trinajstić information content (AvgIpc) is 2.15. The van der Waals surface area contributed by atoms with Crippen molar-refractivity contribution in [3.05, 3.63) is 12.7 Å². The SMILES string of the molecule is C=CC(N)C1CCCC(C(F)(F)F)C1. The van der Waals surface area contributed by atoms with Crippen molar-refractivity contribution in [2.45, 2.75) is 37.9 Å². The van der Waals surface area contributed by atoms with Gasteiger partial charge in [-0.25, -0.2) is 0 Å². The second-order valence-corrected chi connectivity index (χ2v) is 3.98. The summed E-state index contributed by atoms with van der Waals surface area (Å²) in [5.74, 6) is -1.21. The number of halogens is 3. The number of hydrogen-bond donors (Lipinski definition) is 1. The van der Waals surface area contributed by atoms with Gasteiger partial charge in [0.1, 0.15) is 0 Å². The average molecular weight is 207 g/mol. The molecule has 0 heterocycles. The number of rotatable bonds is 2. The second kappa shape index (κ2) is 4.34. The summed E-state index contributed by atoms with van der Waals surface area (Å²) in [5, 5.41) is 0. The lowest BCUT2D eigenvalue weighted by molar-refractivity contribution is -0.185. The lowest BCUT2D eigenvalue weighted by Crippen LogP contribution is -2.36. The van der Waals surface area contributed by atoms with Crippen LogP contribution in [0.25, 0.3) is 0 Å². The molecular weight excluding hydrogens is 191 g/mol. The van der Waals surface area contributed by atoms with E-state index in [0.717, 1.165) is 6.42 Å². The largest absolute Gasteiger partial charge is 0.391 e. The molecule has 14 heavy (non-hydrogen) atoms. The molecular formula is C10H16F3N. The molecule has 0 spiro atoms. The van der Waals surface area contributed by atoms with E-state index >= 15 is 0 Å². The van der Waals surface area contributed by atoms with Crippen LogP contribution in [-0.4, -0.2) is 12.2 Å². The monoisotopic (exact) mass is 207 g/mol. The van der Waals surface area contributed by atoms with E-state index in [0.29, 0.717) is 6.42 Å². The highest BCUT2D eigenvalue weighted by Crippen LogP contribution is 2.40. The zero-order valence-electron chi connectivity index (χ0n) is 8.06. The Bertz CT molecular complexity index is 200. The summed E-state index contributed by atoms with van der Waals surface area (Å²) in [6, 6.07) is -0.292. The van der Waals surface area contributed by atoms with Gasteiger partial charge in [-0.3, -0.25) is 0 Å². The highest BCUT2D eigenvalue weighted by Gasteiger charge is 2.42. The van der Waals surface area contributed by atoms with Gasteiger partial charge in [-0.05, 0) is 25.2 Å². The van der Waals surface area contributed by atoms with E-state index in [2.05, 4.69) is 6.58 Å². The van der Waals surface area contributed by atoms with Gasteiger partial charge in [-0.1, -0.05) is 12.5 Å². The summed E-state index contributed by atoms with van der Waals surface area (Å²) < 4.78 is 37.2. The minimum absolute atomic E-state index is 0.0483. The topological polar surface area (TPSA) is 26.0 Å². The van der Waals surface area contributed by atoms with Gasteiger partial charge in [0.15, 0.2) is 0 Å². The maximum Gasteiger partial charge on any atom is 0.391 e. The first-order chi connectivity index (χ1) is 6.45. The Morgan fingerprint density at radius 3 is 2.50 bits per heavy atom. The maximum atomic E-state index is 12.4. The summed E-state index contributed by atoms with van der Waals surface area (Å²) in [7, 11) is 0. The maximum absolute atomic E-state index is 12.4. The minimum Gasteiger partial charge on any atom is -0.324 e. The lowest BCUT2D eigenvalue weighted by atomic mass is 9.78. The van der Waals surface area contributed by atoms with Gasteiger partial charge in [0.05, 0.1) is 5.92 Å². The molecule has 3 unspecified atom stereocenters. The molecule has 2 N–H and O–H groups in total.